The number of aromatic hydroxyl groups is 1. The van der Waals surface area contributed by atoms with Crippen LogP contribution in [0, 0.1) is 16.7 Å². The first-order valence-electron chi connectivity index (χ1n) is 11.4. The summed E-state index contributed by atoms with van der Waals surface area (Å²) in [5, 5.41) is 23.1. The third-order valence-electron chi connectivity index (χ3n) is 8.65. The molecule has 8 heteroatoms. The van der Waals surface area contributed by atoms with Crippen LogP contribution in [0.4, 0.5) is 18.9 Å². The number of aromatic carboxylic acids is 1. The number of hydrogen-bond donors (Lipinski definition) is 3. The number of methoxy groups -OCH3 is 1. The smallest absolute Gasteiger partial charge is 0.416 e. The van der Waals surface area contributed by atoms with Crippen molar-refractivity contribution < 1.29 is 32.9 Å². The summed E-state index contributed by atoms with van der Waals surface area (Å²) in [7, 11) is 1.44. The zero-order valence-electron chi connectivity index (χ0n) is 19.7. The Labute approximate surface area is 196 Å². The summed E-state index contributed by atoms with van der Waals surface area (Å²) >= 11 is 0. The Morgan fingerprint density at radius 1 is 1.21 bits per heavy atom. The topological polar surface area (TPSA) is 78.8 Å². The Kier molecular flexibility index (Phi) is 5.77. The third-order valence-corrected chi connectivity index (χ3v) is 8.65. The van der Waals surface area contributed by atoms with Crippen LogP contribution in [0.3, 0.4) is 0 Å². The quantitative estimate of drug-likeness (QED) is 0.434. The standard InChI is InChI=1S/C26H30F3NO4/c1-24(2)15-9-10-25(24,3)18(12-15)21-19(7-6-17(23(32)33)22(21)34-4)30-13-14-11-16(26(27,28)29)5-8-20(14)31/h5-8,11,15,18,30-31H,9-10,12-13H2,1-4H3,(H,32,33). The van der Waals surface area contributed by atoms with Crippen molar-refractivity contribution in [3.05, 3.63) is 52.6 Å². The number of fused-ring (bicyclic) bond motifs is 2. The lowest BCUT2D eigenvalue weighted by Crippen LogP contribution is -2.32. The van der Waals surface area contributed by atoms with Gasteiger partial charge in [0.1, 0.15) is 17.1 Å². The molecule has 5 nitrogen and oxygen atoms in total. The van der Waals surface area contributed by atoms with Gasteiger partial charge in [0.15, 0.2) is 0 Å². The normalized spacial score (nSPS) is 25.4. The largest absolute Gasteiger partial charge is 0.508 e. The second kappa shape index (κ2) is 8.10. The summed E-state index contributed by atoms with van der Waals surface area (Å²) < 4.78 is 45.2. The Hall–Kier alpha value is -2.90. The number of hydrogen-bond acceptors (Lipinski definition) is 4. The van der Waals surface area contributed by atoms with Gasteiger partial charge in [-0.05, 0) is 72.3 Å². The molecule has 2 fully saturated rings. The number of phenolic OH excluding ortho intramolecular Hbond substituents is 1. The van der Waals surface area contributed by atoms with E-state index in [0.29, 0.717) is 11.6 Å². The van der Waals surface area contributed by atoms with Crippen LogP contribution < -0.4 is 10.1 Å². The van der Waals surface area contributed by atoms with E-state index in [0.717, 1.165) is 43.0 Å². The molecular weight excluding hydrogens is 447 g/mol. The number of alkyl halides is 3. The van der Waals surface area contributed by atoms with Gasteiger partial charge in [0.2, 0.25) is 0 Å². The van der Waals surface area contributed by atoms with E-state index in [1.165, 1.54) is 13.2 Å². The third kappa shape index (κ3) is 3.67. The molecule has 3 N–H and O–H groups in total. The lowest BCUT2D eigenvalue weighted by molar-refractivity contribution is -0.137. The summed E-state index contributed by atoms with van der Waals surface area (Å²) in [6, 6.07) is 5.89. The van der Waals surface area contributed by atoms with E-state index in [4.69, 9.17) is 4.74 Å². The molecule has 4 rings (SSSR count). The Morgan fingerprint density at radius 2 is 1.91 bits per heavy atom. The van der Waals surface area contributed by atoms with Gasteiger partial charge in [-0.3, -0.25) is 0 Å². The number of carboxylic acid groups (broad SMARTS) is 1. The van der Waals surface area contributed by atoms with Crippen molar-refractivity contribution in [2.75, 3.05) is 12.4 Å². The van der Waals surface area contributed by atoms with Gasteiger partial charge in [-0.15, -0.1) is 0 Å². The lowest BCUT2D eigenvalue weighted by atomic mass is 9.64. The molecule has 2 aliphatic carbocycles. The predicted octanol–water partition coefficient (Wildman–Crippen LogP) is 6.66. The first-order chi connectivity index (χ1) is 15.8. The fraction of sp³-hybridized carbons (Fsp3) is 0.500. The summed E-state index contributed by atoms with van der Waals surface area (Å²) in [4.78, 5) is 11.9. The SMILES string of the molecule is COc1c(C(=O)O)ccc(NCc2cc(C(F)(F)F)ccc2O)c1C1CC2CCC1(C)C2(C)C. The zero-order valence-corrected chi connectivity index (χ0v) is 19.7. The van der Waals surface area contributed by atoms with Crippen molar-refractivity contribution in [3.63, 3.8) is 0 Å². The van der Waals surface area contributed by atoms with Crippen LogP contribution in [-0.2, 0) is 12.7 Å². The number of ether oxygens (including phenoxy) is 1. The van der Waals surface area contributed by atoms with E-state index < -0.39 is 17.7 Å². The van der Waals surface area contributed by atoms with Crippen LogP contribution in [0.5, 0.6) is 11.5 Å². The number of rotatable bonds is 6. The van der Waals surface area contributed by atoms with Crippen molar-refractivity contribution in [2.24, 2.45) is 16.7 Å². The van der Waals surface area contributed by atoms with Crippen molar-refractivity contribution in [3.8, 4) is 11.5 Å². The maximum atomic E-state index is 13.2. The first-order valence-corrected chi connectivity index (χ1v) is 11.4. The predicted molar refractivity (Wildman–Crippen MR) is 122 cm³/mol. The second-order valence-electron chi connectivity index (χ2n) is 10.3. The van der Waals surface area contributed by atoms with Crippen molar-refractivity contribution in [1.82, 2.24) is 0 Å². The van der Waals surface area contributed by atoms with Crippen LogP contribution in [-0.4, -0.2) is 23.3 Å². The molecule has 2 saturated carbocycles. The fourth-order valence-corrected chi connectivity index (χ4v) is 6.22. The maximum absolute atomic E-state index is 13.2. The number of carbonyl (C=O) groups is 1. The van der Waals surface area contributed by atoms with E-state index in [9.17, 15) is 28.2 Å². The number of halogens is 3. The molecule has 0 amide bonds. The number of phenols is 1. The maximum Gasteiger partial charge on any atom is 0.416 e. The van der Waals surface area contributed by atoms with Crippen molar-refractivity contribution in [1.29, 1.82) is 0 Å². The molecule has 3 atom stereocenters. The fourth-order valence-electron chi connectivity index (χ4n) is 6.22. The van der Waals surface area contributed by atoms with Crippen LogP contribution >= 0.6 is 0 Å². The molecule has 3 unspecified atom stereocenters. The Morgan fingerprint density at radius 3 is 2.44 bits per heavy atom. The molecule has 2 bridgehead atoms. The van der Waals surface area contributed by atoms with Crippen LogP contribution in [0.25, 0.3) is 0 Å². The van der Waals surface area contributed by atoms with Crippen LogP contribution in [0.2, 0.25) is 0 Å². The van der Waals surface area contributed by atoms with Gasteiger partial charge in [-0.1, -0.05) is 20.8 Å². The molecular formula is C26H30F3NO4. The minimum Gasteiger partial charge on any atom is -0.508 e. The highest BCUT2D eigenvalue weighted by atomic mass is 19.4. The highest BCUT2D eigenvalue weighted by Crippen LogP contribution is 2.72. The Balaban J connectivity index is 1.77. The van der Waals surface area contributed by atoms with E-state index >= 15 is 0 Å². The van der Waals surface area contributed by atoms with Crippen molar-refractivity contribution >= 4 is 11.7 Å². The number of nitrogens with one attached hydrogen (secondary N) is 1. The molecule has 2 aliphatic rings. The summed E-state index contributed by atoms with van der Waals surface area (Å²) in [5.74, 6) is -0.563. The van der Waals surface area contributed by atoms with Gasteiger partial charge in [-0.25, -0.2) is 4.79 Å². The molecule has 2 aromatic rings. The molecule has 184 valence electrons. The van der Waals surface area contributed by atoms with Gasteiger partial charge in [-0.2, -0.15) is 13.2 Å². The van der Waals surface area contributed by atoms with Gasteiger partial charge in [0, 0.05) is 23.4 Å². The summed E-state index contributed by atoms with van der Waals surface area (Å²) in [6.07, 6.45) is -1.53. The van der Waals surface area contributed by atoms with Crippen LogP contribution in [0.1, 0.15) is 73.0 Å². The van der Waals surface area contributed by atoms with Gasteiger partial charge in [0.05, 0.1) is 12.7 Å². The minimum atomic E-state index is -4.52. The van der Waals surface area contributed by atoms with Gasteiger partial charge in [0.25, 0.3) is 0 Å². The van der Waals surface area contributed by atoms with E-state index in [1.54, 1.807) is 6.07 Å². The van der Waals surface area contributed by atoms with E-state index in [-0.39, 0.29) is 45.9 Å². The lowest BCUT2D eigenvalue weighted by Gasteiger charge is -2.40. The monoisotopic (exact) mass is 477 g/mol. The zero-order chi connectivity index (χ0) is 25.1. The molecule has 0 heterocycles. The molecule has 0 aromatic heterocycles. The molecule has 2 aromatic carbocycles. The highest BCUT2D eigenvalue weighted by Gasteiger charge is 2.62. The van der Waals surface area contributed by atoms with Crippen molar-refractivity contribution in [2.45, 2.75) is 58.7 Å². The molecule has 34 heavy (non-hydrogen) atoms. The average Bonchev–Trinajstić information content (AvgIpc) is 3.10. The first kappa shape index (κ1) is 24.2. The number of carboxylic acids is 1. The molecule has 0 aliphatic heterocycles. The minimum absolute atomic E-state index is 0.0214. The van der Waals surface area contributed by atoms with Crippen LogP contribution in [0.15, 0.2) is 30.3 Å². The van der Waals surface area contributed by atoms with Gasteiger partial charge < -0.3 is 20.3 Å². The molecule has 0 spiro atoms. The van der Waals surface area contributed by atoms with E-state index in [2.05, 4.69) is 26.1 Å². The average molecular weight is 478 g/mol. The number of benzene rings is 2. The molecule has 0 radical (unpaired) electrons. The summed E-state index contributed by atoms with van der Waals surface area (Å²) in [5.41, 5.74) is 0.619. The summed E-state index contributed by atoms with van der Waals surface area (Å²) in [6.45, 7) is 6.69. The highest BCUT2D eigenvalue weighted by molar-refractivity contribution is 5.93. The van der Waals surface area contributed by atoms with Gasteiger partial charge >= 0.3 is 12.1 Å². The molecule has 0 saturated heterocycles. The van der Waals surface area contributed by atoms with E-state index in [1.807, 2.05) is 0 Å². The number of anilines is 1. The Bertz CT molecular complexity index is 1130. The second-order valence-corrected chi connectivity index (χ2v) is 10.3.